The lowest BCUT2D eigenvalue weighted by Gasteiger charge is -2.39. The van der Waals surface area contributed by atoms with Crippen LogP contribution in [0.5, 0.6) is 0 Å². The van der Waals surface area contributed by atoms with E-state index in [-0.39, 0.29) is 6.10 Å². The number of hydrogen-bond acceptors (Lipinski definition) is 5. The van der Waals surface area contributed by atoms with Gasteiger partial charge in [0.25, 0.3) is 5.79 Å². The van der Waals surface area contributed by atoms with Gasteiger partial charge in [-0.3, -0.25) is 0 Å². The van der Waals surface area contributed by atoms with E-state index in [1.165, 1.54) is 14.2 Å². The molecular formula is C9H16O5. The zero-order chi connectivity index (χ0) is 10.8. The topological polar surface area (TPSA) is 65.0 Å². The molecule has 0 aromatic carbocycles. The van der Waals surface area contributed by atoms with Gasteiger partial charge in [0.1, 0.15) is 6.10 Å². The average molecular weight is 204 g/mol. The highest BCUT2D eigenvalue weighted by Crippen LogP contribution is 2.30. The molecule has 1 heterocycles. The van der Waals surface area contributed by atoms with Gasteiger partial charge in [0.2, 0.25) is 0 Å². The first kappa shape index (κ1) is 11.4. The second kappa shape index (κ2) is 4.25. The van der Waals surface area contributed by atoms with E-state index in [0.29, 0.717) is 12.8 Å². The number of aliphatic hydroxyl groups is 1. The van der Waals surface area contributed by atoms with E-state index in [0.717, 1.165) is 0 Å². The van der Waals surface area contributed by atoms with Crippen molar-refractivity contribution in [3.8, 4) is 0 Å². The summed E-state index contributed by atoms with van der Waals surface area (Å²) >= 11 is 0. The maximum atomic E-state index is 11.4. The molecule has 0 amide bonds. The zero-order valence-electron chi connectivity index (χ0n) is 8.65. The van der Waals surface area contributed by atoms with Crippen LogP contribution in [0.25, 0.3) is 0 Å². The number of methoxy groups -OCH3 is 2. The van der Waals surface area contributed by atoms with Crippen LogP contribution in [0.15, 0.2) is 0 Å². The molecule has 0 radical (unpaired) electrons. The Labute approximate surface area is 82.9 Å². The van der Waals surface area contributed by atoms with Gasteiger partial charge in [-0.2, -0.15) is 0 Å². The van der Waals surface area contributed by atoms with Crippen molar-refractivity contribution in [3.05, 3.63) is 0 Å². The average Bonchev–Trinajstić information content (AvgIpc) is 2.20. The molecular weight excluding hydrogens is 188 g/mol. The van der Waals surface area contributed by atoms with Gasteiger partial charge in [0.05, 0.1) is 13.2 Å². The highest BCUT2D eigenvalue weighted by Gasteiger charge is 2.52. The van der Waals surface area contributed by atoms with E-state index in [1.807, 2.05) is 6.92 Å². The monoisotopic (exact) mass is 204 g/mol. The Morgan fingerprint density at radius 3 is 2.64 bits per heavy atom. The van der Waals surface area contributed by atoms with Crippen molar-refractivity contribution in [1.29, 1.82) is 0 Å². The van der Waals surface area contributed by atoms with Gasteiger partial charge >= 0.3 is 5.97 Å². The van der Waals surface area contributed by atoms with E-state index >= 15 is 0 Å². The lowest BCUT2D eigenvalue weighted by atomic mass is 9.98. The summed E-state index contributed by atoms with van der Waals surface area (Å²) in [7, 11) is 2.55. The first-order valence-electron chi connectivity index (χ1n) is 4.56. The molecule has 14 heavy (non-hydrogen) atoms. The molecule has 0 unspecified atom stereocenters. The second-order valence-corrected chi connectivity index (χ2v) is 3.38. The van der Waals surface area contributed by atoms with Crippen LogP contribution in [0.1, 0.15) is 19.8 Å². The molecule has 0 aromatic heterocycles. The van der Waals surface area contributed by atoms with Crippen LogP contribution in [0.3, 0.4) is 0 Å². The predicted octanol–water partition coefficient (Wildman–Crippen LogP) is 0.0619. The number of esters is 1. The third-order valence-corrected chi connectivity index (χ3v) is 2.43. The summed E-state index contributed by atoms with van der Waals surface area (Å²) in [6, 6.07) is 0. The molecule has 5 nitrogen and oxygen atoms in total. The highest BCUT2D eigenvalue weighted by molar-refractivity contribution is 5.78. The number of carbonyl (C=O) groups excluding carboxylic acids is 1. The van der Waals surface area contributed by atoms with Crippen LogP contribution in [-0.2, 0) is 19.0 Å². The Morgan fingerprint density at radius 2 is 2.14 bits per heavy atom. The molecule has 1 rings (SSSR count). The van der Waals surface area contributed by atoms with Crippen molar-refractivity contribution < 1.29 is 24.1 Å². The Balaban J connectivity index is 2.88. The van der Waals surface area contributed by atoms with Gasteiger partial charge in [0, 0.05) is 7.11 Å². The van der Waals surface area contributed by atoms with Crippen LogP contribution in [0.4, 0.5) is 0 Å². The summed E-state index contributed by atoms with van der Waals surface area (Å²) in [6.45, 7) is 1.82. The first-order chi connectivity index (χ1) is 6.56. The summed E-state index contributed by atoms with van der Waals surface area (Å²) in [4.78, 5) is 11.4. The summed E-state index contributed by atoms with van der Waals surface area (Å²) < 4.78 is 14.9. The van der Waals surface area contributed by atoms with Gasteiger partial charge in [-0.1, -0.05) is 0 Å². The molecule has 0 aliphatic carbocycles. The Kier molecular flexibility index (Phi) is 3.47. The van der Waals surface area contributed by atoms with Crippen molar-refractivity contribution >= 4 is 5.97 Å². The van der Waals surface area contributed by atoms with Gasteiger partial charge < -0.3 is 19.3 Å². The summed E-state index contributed by atoms with van der Waals surface area (Å²) in [5, 5.41) is 9.69. The van der Waals surface area contributed by atoms with Crippen LogP contribution in [0.2, 0.25) is 0 Å². The van der Waals surface area contributed by atoms with Crippen LogP contribution < -0.4 is 0 Å². The lowest BCUT2D eigenvalue weighted by Crippen LogP contribution is -2.58. The molecule has 0 saturated carbocycles. The maximum absolute atomic E-state index is 11.4. The molecule has 1 saturated heterocycles. The van der Waals surface area contributed by atoms with E-state index in [2.05, 4.69) is 4.74 Å². The Hall–Kier alpha value is -0.650. The van der Waals surface area contributed by atoms with E-state index in [4.69, 9.17) is 9.47 Å². The molecule has 0 bridgehead atoms. The fourth-order valence-electron chi connectivity index (χ4n) is 1.61. The van der Waals surface area contributed by atoms with Crippen LogP contribution in [0, 0.1) is 0 Å². The standard InChI is InChI=1S/C9H16O5/c1-6-4-5-7(10)9(13-3,14-6)8(11)12-2/h6-7,10H,4-5H2,1-3H3/t6-,7+,9-/m0/s1. The molecule has 3 atom stereocenters. The number of aliphatic hydroxyl groups excluding tert-OH is 1. The highest BCUT2D eigenvalue weighted by atomic mass is 16.7. The minimum Gasteiger partial charge on any atom is -0.465 e. The second-order valence-electron chi connectivity index (χ2n) is 3.38. The predicted molar refractivity (Wildman–Crippen MR) is 47.5 cm³/mol. The molecule has 0 aromatic rings. The normalized spacial score (nSPS) is 38.0. The smallest absolute Gasteiger partial charge is 0.369 e. The number of rotatable bonds is 2. The molecule has 1 aliphatic rings. The van der Waals surface area contributed by atoms with Gasteiger partial charge in [0.15, 0.2) is 0 Å². The zero-order valence-corrected chi connectivity index (χ0v) is 8.65. The third kappa shape index (κ3) is 1.75. The fourth-order valence-corrected chi connectivity index (χ4v) is 1.61. The maximum Gasteiger partial charge on any atom is 0.369 e. The Morgan fingerprint density at radius 1 is 1.50 bits per heavy atom. The SMILES string of the molecule is COC(=O)[C@@]1(OC)O[C@@H](C)CC[C@H]1O. The first-order valence-corrected chi connectivity index (χ1v) is 4.56. The summed E-state index contributed by atoms with van der Waals surface area (Å²) in [5.41, 5.74) is 0. The van der Waals surface area contributed by atoms with Gasteiger partial charge in [-0.05, 0) is 19.8 Å². The third-order valence-electron chi connectivity index (χ3n) is 2.43. The number of carbonyl (C=O) groups is 1. The number of ether oxygens (including phenoxy) is 3. The van der Waals surface area contributed by atoms with Gasteiger partial charge in [-0.15, -0.1) is 0 Å². The number of hydrogen-bond donors (Lipinski definition) is 1. The lowest BCUT2D eigenvalue weighted by molar-refractivity contribution is -0.301. The van der Waals surface area contributed by atoms with E-state index < -0.39 is 17.9 Å². The van der Waals surface area contributed by atoms with Crippen molar-refractivity contribution in [1.82, 2.24) is 0 Å². The van der Waals surface area contributed by atoms with Crippen molar-refractivity contribution in [3.63, 3.8) is 0 Å². The summed E-state index contributed by atoms with van der Waals surface area (Å²) in [6.07, 6.45) is 0.0569. The minimum absolute atomic E-state index is 0.127. The molecule has 5 heteroatoms. The van der Waals surface area contributed by atoms with Gasteiger partial charge in [-0.25, -0.2) is 4.79 Å². The fraction of sp³-hybridized carbons (Fsp3) is 0.889. The van der Waals surface area contributed by atoms with E-state index in [1.54, 1.807) is 0 Å². The molecule has 1 aliphatic heterocycles. The largest absolute Gasteiger partial charge is 0.465 e. The quantitative estimate of drug-likeness (QED) is 0.644. The molecule has 0 spiro atoms. The molecule has 1 N–H and O–H groups in total. The van der Waals surface area contributed by atoms with Crippen LogP contribution >= 0.6 is 0 Å². The van der Waals surface area contributed by atoms with Crippen molar-refractivity contribution in [2.45, 2.75) is 37.8 Å². The van der Waals surface area contributed by atoms with Crippen molar-refractivity contribution in [2.75, 3.05) is 14.2 Å². The van der Waals surface area contributed by atoms with Crippen LogP contribution in [-0.4, -0.2) is 43.3 Å². The Bertz CT molecular complexity index is 217. The molecule has 1 fully saturated rings. The summed E-state index contributed by atoms with van der Waals surface area (Å²) in [5.74, 6) is -2.34. The molecule has 82 valence electrons. The minimum atomic E-state index is -1.65. The van der Waals surface area contributed by atoms with E-state index in [9.17, 15) is 9.90 Å². The van der Waals surface area contributed by atoms with Crippen molar-refractivity contribution in [2.24, 2.45) is 0 Å².